The van der Waals surface area contributed by atoms with Crippen LogP contribution in [0.4, 0.5) is 0 Å². The molecule has 4 rings (SSSR count). The third-order valence-electron chi connectivity index (χ3n) is 5.48. The topological polar surface area (TPSA) is 62.9 Å². The predicted molar refractivity (Wildman–Crippen MR) is 108 cm³/mol. The van der Waals surface area contributed by atoms with Crippen molar-refractivity contribution in [1.82, 2.24) is 4.57 Å². The first-order valence-corrected chi connectivity index (χ1v) is 9.49. The number of pyridine rings is 1. The van der Waals surface area contributed by atoms with Gasteiger partial charge in [-0.25, -0.2) is 0 Å². The fourth-order valence-electron chi connectivity index (χ4n) is 4.06. The summed E-state index contributed by atoms with van der Waals surface area (Å²) in [5.41, 5.74) is 3.71. The zero-order chi connectivity index (χ0) is 19.7. The van der Waals surface area contributed by atoms with E-state index in [1.165, 1.54) is 6.07 Å². The number of aromatic nitrogens is 1. The summed E-state index contributed by atoms with van der Waals surface area (Å²) in [6.45, 7) is 2.03. The van der Waals surface area contributed by atoms with Gasteiger partial charge in [0.1, 0.15) is 11.6 Å². The fourth-order valence-corrected chi connectivity index (χ4v) is 4.06. The first-order valence-electron chi connectivity index (χ1n) is 9.49. The number of hydrogen-bond donors (Lipinski definition) is 0. The van der Waals surface area contributed by atoms with E-state index < -0.39 is 0 Å². The van der Waals surface area contributed by atoms with Crippen LogP contribution in [-0.4, -0.2) is 10.4 Å². The van der Waals surface area contributed by atoms with Crippen LogP contribution >= 0.6 is 0 Å². The third-order valence-corrected chi connectivity index (χ3v) is 5.48. The van der Waals surface area contributed by atoms with Gasteiger partial charge in [-0.1, -0.05) is 55.5 Å². The molecule has 28 heavy (non-hydrogen) atoms. The SMILES string of the molecule is CCc1ccccc1-n1c2c(cc(C#N)c1=O)C(=O)CC(c1ccccc1)C2. The molecule has 1 aliphatic carbocycles. The minimum Gasteiger partial charge on any atom is -0.294 e. The lowest BCUT2D eigenvalue weighted by atomic mass is 9.81. The minimum atomic E-state index is -0.358. The van der Waals surface area contributed by atoms with Gasteiger partial charge >= 0.3 is 0 Å². The second kappa shape index (κ2) is 7.28. The zero-order valence-corrected chi connectivity index (χ0v) is 15.7. The first kappa shape index (κ1) is 17.9. The Kier molecular flexibility index (Phi) is 4.67. The van der Waals surface area contributed by atoms with E-state index in [0.717, 1.165) is 23.2 Å². The van der Waals surface area contributed by atoms with E-state index in [9.17, 15) is 14.9 Å². The van der Waals surface area contributed by atoms with Crippen LogP contribution in [0.2, 0.25) is 0 Å². The minimum absolute atomic E-state index is 0.0103. The van der Waals surface area contributed by atoms with Crippen LogP contribution in [0.3, 0.4) is 0 Å². The average molecular weight is 368 g/mol. The molecule has 0 spiro atoms. The van der Waals surface area contributed by atoms with Crippen LogP contribution in [0.1, 0.15) is 52.0 Å². The standard InChI is InChI=1S/C24H20N2O2/c1-2-16-8-6-7-11-21(16)26-22-13-18(17-9-4-3-5-10-17)14-23(27)20(22)12-19(15-25)24(26)28/h3-12,18H,2,13-14H2,1H3. The Labute approximate surface area is 163 Å². The number of para-hydroxylation sites is 1. The lowest BCUT2D eigenvalue weighted by Gasteiger charge is -2.27. The molecule has 1 heterocycles. The van der Waals surface area contributed by atoms with E-state index in [-0.39, 0.29) is 22.8 Å². The highest BCUT2D eigenvalue weighted by Gasteiger charge is 2.30. The lowest BCUT2D eigenvalue weighted by Crippen LogP contribution is -2.32. The number of hydrogen-bond acceptors (Lipinski definition) is 3. The summed E-state index contributed by atoms with van der Waals surface area (Å²) in [7, 11) is 0. The van der Waals surface area contributed by atoms with Crippen molar-refractivity contribution in [3.05, 3.63) is 99.0 Å². The van der Waals surface area contributed by atoms with Gasteiger partial charge in [0.15, 0.2) is 5.78 Å². The van der Waals surface area contributed by atoms with Crippen molar-refractivity contribution in [3.63, 3.8) is 0 Å². The molecule has 0 radical (unpaired) electrons. The van der Waals surface area contributed by atoms with E-state index in [1.807, 2.05) is 67.6 Å². The number of Topliss-reactive ketones (excluding diaryl/α,β-unsaturated/α-hetero) is 1. The molecular formula is C24H20N2O2. The summed E-state index contributed by atoms with van der Waals surface area (Å²) in [5.74, 6) is 0.00269. The average Bonchev–Trinajstić information content (AvgIpc) is 2.74. The van der Waals surface area contributed by atoms with E-state index >= 15 is 0 Å². The summed E-state index contributed by atoms with van der Waals surface area (Å²) < 4.78 is 1.60. The molecule has 3 aromatic rings. The number of carbonyl (C=O) groups excluding carboxylic acids is 1. The molecular weight excluding hydrogens is 348 g/mol. The summed E-state index contributed by atoms with van der Waals surface area (Å²) in [4.78, 5) is 26.1. The monoisotopic (exact) mass is 368 g/mol. The highest BCUT2D eigenvalue weighted by atomic mass is 16.1. The molecule has 2 aromatic carbocycles. The Morgan fingerprint density at radius 3 is 2.46 bits per heavy atom. The summed E-state index contributed by atoms with van der Waals surface area (Å²) in [5, 5.41) is 9.46. The lowest BCUT2D eigenvalue weighted by molar-refractivity contribution is 0.0962. The van der Waals surface area contributed by atoms with E-state index in [1.54, 1.807) is 4.57 Å². The van der Waals surface area contributed by atoms with Crippen LogP contribution in [-0.2, 0) is 12.8 Å². The van der Waals surface area contributed by atoms with Gasteiger partial charge in [-0.3, -0.25) is 14.2 Å². The van der Waals surface area contributed by atoms with Crippen molar-refractivity contribution in [3.8, 4) is 11.8 Å². The largest absolute Gasteiger partial charge is 0.294 e. The summed E-state index contributed by atoms with van der Waals surface area (Å²) >= 11 is 0. The van der Waals surface area contributed by atoms with Gasteiger partial charge in [-0.15, -0.1) is 0 Å². The van der Waals surface area contributed by atoms with Gasteiger partial charge in [0, 0.05) is 17.7 Å². The molecule has 0 N–H and O–H groups in total. The quantitative estimate of drug-likeness (QED) is 0.696. The number of rotatable bonds is 3. The molecule has 0 aliphatic heterocycles. The van der Waals surface area contributed by atoms with Crippen molar-refractivity contribution in [2.45, 2.75) is 32.1 Å². The Morgan fingerprint density at radius 1 is 1.04 bits per heavy atom. The smallest absolute Gasteiger partial charge is 0.273 e. The van der Waals surface area contributed by atoms with Crippen molar-refractivity contribution in [1.29, 1.82) is 5.26 Å². The number of nitrogens with zero attached hydrogens (tertiary/aromatic N) is 2. The number of ketones is 1. The van der Waals surface area contributed by atoms with E-state index in [4.69, 9.17) is 0 Å². The number of carbonyl (C=O) groups is 1. The van der Waals surface area contributed by atoms with Gasteiger partial charge in [0.05, 0.1) is 5.69 Å². The maximum atomic E-state index is 13.1. The zero-order valence-electron chi connectivity index (χ0n) is 15.7. The van der Waals surface area contributed by atoms with Gasteiger partial charge in [0.2, 0.25) is 0 Å². The summed E-state index contributed by atoms with van der Waals surface area (Å²) in [6.07, 6.45) is 1.73. The number of nitriles is 1. The van der Waals surface area contributed by atoms with Gasteiger partial charge < -0.3 is 0 Å². The van der Waals surface area contributed by atoms with Crippen LogP contribution in [0.15, 0.2) is 65.5 Å². The fraction of sp³-hybridized carbons (Fsp3) is 0.208. The maximum absolute atomic E-state index is 13.1. The van der Waals surface area contributed by atoms with Gasteiger partial charge in [0.25, 0.3) is 5.56 Å². The van der Waals surface area contributed by atoms with E-state index in [0.29, 0.717) is 24.1 Å². The normalized spacial score (nSPS) is 15.7. The van der Waals surface area contributed by atoms with Crippen molar-refractivity contribution >= 4 is 5.78 Å². The highest BCUT2D eigenvalue weighted by Crippen LogP contribution is 2.33. The summed E-state index contributed by atoms with van der Waals surface area (Å²) in [6, 6.07) is 21.1. The molecule has 0 saturated heterocycles. The molecule has 1 aromatic heterocycles. The second-order valence-corrected chi connectivity index (χ2v) is 7.09. The molecule has 0 bridgehead atoms. The van der Waals surface area contributed by atoms with Gasteiger partial charge in [-0.2, -0.15) is 5.26 Å². The Bertz CT molecular complexity index is 1150. The van der Waals surface area contributed by atoms with Crippen molar-refractivity contribution in [2.75, 3.05) is 0 Å². The van der Waals surface area contributed by atoms with Crippen LogP contribution in [0.5, 0.6) is 0 Å². The Morgan fingerprint density at radius 2 is 1.75 bits per heavy atom. The number of benzene rings is 2. The second-order valence-electron chi connectivity index (χ2n) is 7.09. The van der Waals surface area contributed by atoms with Crippen LogP contribution in [0, 0.1) is 11.3 Å². The van der Waals surface area contributed by atoms with Crippen molar-refractivity contribution < 1.29 is 4.79 Å². The van der Waals surface area contributed by atoms with Gasteiger partial charge in [-0.05, 0) is 42.0 Å². The molecule has 138 valence electrons. The molecule has 0 saturated carbocycles. The van der Waals surface area contributed by atoms with Crippen molar-refractivity contribution in [2.24, 2.45) is 0 Å². The molecule has 1 unspecified atom stereocenters. The molecule has 0 amide bonds. The molecule has 4 nitrogen and oxygen atoms in total. The molecule has 0 fully saturated rings. The third kappa shape index (κ3) is 2.95. The number of aryl methyl sites for hydroxylation is 1. The maximum Gasteiger partial charge on any atom is 0.273 e. The van der Waals surface area contributed by atoms with Crippen LogP contribution in [0.25, 0.3) is 5.69 Å². The number of fused-ring (bicyclic) bond motifs is 1. The Hall–Kier alpha value is -3.45. The predicted octanol–water partition coefficient (Wildman–Crippen LogP) is 4.18. The molecule has 1 aliphatic rings. The van der Waals surface area contributed by atoms with E-state index in [2.05, 4.69) is 0 Å². The molecule has 4 heteroatoms. The highest BCUT2D eigenvalue weighted by molar-refractivity contribution is 5.99. The molecule has 1 atom stereocenters. The Balaban J connectivity index is 1.98. The van der Waals surface area contributed by atoms with Crippen LogP contribution < -0.4 is 5.56 Å². The first-order chi connectivity index (χ1) is 13.6.